The van der Waals surface area contributed by atoms with Crippen molar-refractivity contribution in [3.05, 3.63) is 35.4 Å². The van der Waals surface area contributed by atoms with Gasteiger partial charge in [0, 0.05) is 5.41 Å². The molecule has 0 amide bonds. The molecule has 3 rings (SSSR count). The van der Waals surface area contributed by atoms with E-state index in [9.17, 15) is 4.79 Å². The standard InChI is InChI=1S/C18H24O2/c1-12-6-5-7-13(10-12)16(19)20-15-11-14-8-9-18(15,4)17(14,2)3/h5-7,10,14-15H,8-9,11H2,1-4H3. The van der Waals surface area contributed by atoms with E-state index >= 15 is 0 Å². The molecule has 0 aliphatic heterocycles. The van der Waals surface area contributed by atoms with Crippen LogP contribution in [0.1, 0.15) is 56.0 Å². The first-order valence-electron chi connectivity index (χ1n) is 7.62. The van der Waals surface area contributed by atoms with Crippen molar-refractivity contribution in [1.82, 2.24) is 0 Å². The van der Waals surface area contributed by atoms with Gasteiger partial charge in [0.15, 0.2) is 0 Å². The molecule has 2 nitrogen and oxygen atoms in total. The Labute approximate surface area is 121 Å². The van der Waals surface area contributed by atoms with Gasteiger partial charge in [-0.3, -0.25) is 0 Å². The van der Waals surface area contributed by atoms with Crippen LogP contribution in [-0.2, 0) is 4.74 Å². The molecule has 2 bridgehead atoms. The van der Waals surface area contributed by atoms with Gasteiger partial charge >= 0.3 is 5.97 Å². The molecule has 2 aliphatic rings. The fourth-order valence-corrected chi connectivity index (χ4v) is 4.28. The molecule has 0 N–H and O–H groups in total. The summed E-state index contributed by atoms with van der Waals surface area (Å²) in [5.41, 5.74) is 2.19. The summed E-state index contributed by atoms with van der Waals surface area (Å²) in [6.07, 6.45) is 3.56. The van der Waals surface area contributed by atoms with Gasteiger partial charge in [-0.05, 0) is 49.7 Å². The molecule has 2 aliphatic carbocycles. The first-order valence-corrected chi connectivity index (χ1v) is 7.62. The van der Waals surface area contributed by atoms with E-state index in [0.717, 1.165) is 12.0 Å². The second-order valence-corrected chi connectivity index (χ2v) is 7.37. The molecule has 1 aromatic rings. The van der Waals surface area contributed by atoms with Crippen LogP contribution in [0.25, 0.3) is 0 Å². The number of carbonyl (C=O) groups excluding carboxylic acids is 1. The molecule has 0 aromatic heterocycles. The van der Waals surface area contributed by atoms with Crippen molar-refractivity contribution in [3.63, 3.8) is 0 Å². The predicted octanol–water partition coefficient (Wildman–Crippen LogP) is 4.37. The zero-order valence-corrected chi connectivity index (χ0v) is 12.9. The fourth-order valence-electron chi connectivity index (χ4n) is 4.28. The van der Waals surface area contributed by atoms with Crippen LogP contribution in [-0.4, -0.2) is 12.1 Å². The van der Waals surface area contributed by atoms with Gasteiger partial charge in [-0.15, -0.1) is 0 Å². The molecule has 2 saturated carbocycles. The summed E-state index contributed by atoms with van der Waals surface area (Å²) in [5, 5.41) is 0. The van der Waals surface area contributed by atoms with E-state index < -0.39 is 0 Å². The molecular weight excluding hydrogens is 248 g/mol. The number of hydrogen-bond acceptors (Lipinski definition) is 2. The number of rotatable bonds is 2. The van der Waals surface area contributed by atoms with Crippen molar-refractivity contribution in [3.8, 4) is 0 Å². The summed E-state index contributed by atoms with van der Waals surface area (Å²) in [5.74, 6) is 0.533. The lowest BCUT2D eigenvalue weighted by Gasteiger charge is -2.38. The average Bonchev–Trinajstić information content (AvgIpc) is 2.72. The Morgan fingerprint density at radius 1 is 1.30 bits per heavy atom. The summed E-state index contributed by atoms with van der Waals surface area (Å²) >= 11 is 0. The number of aryl methyl sites for hydroxylation is 1. The number of benzene rings is 1. The quantitative estimate of drug-likeness (QED) is 0.747. The van der Waals surface area contributed by atoms with E-state index in [1.807, 2.05) is 31.2 Å². The van der Waals surface area contributed by atoms with Gasteiger partial charge in [0.25, 0.3) is 0 Å². The van der Waals surface area contributed by atoms with Gasteiger partial charge in [-0.1, -0.05) is 38.5 Å². The van der Waals surface area contributed by atoms with Crippen molar-refractivity contribution in [2.45, 2.75) is 53.1 Å². The largest absolute Gasteiger partial charge is 0.458 e. The predicted molar refractivity (Wildman–Crippen MR) is 79.6 cm³/mol. The summed E-state index contributed by atoms with van der Waals surface area (Å²) in [6.45, 7) is 8.98. The molecule has 0 heterocycles. The van der Waals surface area contributed by atoms with Gasteiger partial charge in [0.1, 0.15) is 6.10 Å². The van der Waals surface area contributed by atoms with E-state index in [4.69, 9.17) is 4.74 Å². The van der Waals surface area contributed by atoms with Crippen molar-refractivity contribution >= 4 is 5.97 Å². The molecule has 0 radical (unpaired) electrons. The normalized spacial score (nSPS) is 34.2. The summed E-state index contributed by atoms with van der Waals surface area (Å²) in [6, 6.07) is 7.66. The zero-order chi connectivity index (χ0) is 14.5. The van der Waals surface area contributed by atoms with Gasteiger partial charge in [0.2, 0.25) is 0 Å². The van der Waals surface area contributed by atoms with Crippen molar-refractivity contribution in [2.75, 3.05) is 0 Å². The van der Waals surface area contributed by atoms with E-state index in [1.165, 1.54) is 12.8 Å². The van der Waals surface area contributed by atoms with Gasteiger partial charge in [0.05, 0.1) is 5.56 Å². The maximum absolute atomic E-state index is 12.4. The monoisotopic (exact) mass is 272 g/mol. The molecule has 3 atom stereocenters. The molecule has 0 saturated heterocycles. The minimum atomic E-state index is -0.164. The van der Waals surface area contributed by atoms with E-state index in [1.54, 1.807) is 0 Å². The zero-order valence-electron chi connectivity index (χ0n) is 12.9. The van der Waals surface area contributed by atoms with Gasteiger partial charge in [-0.25, -0.2) is 4.79 Å². The van der Waals surface area contributed by atoms with Crippen LogP contribution < -0.4 is 0 Å². The first kappa shape index (κ1) is 13.7. The van der Waals surface area contributed by atoms with Crippen LogP contribution in [0.3, 0.4) is 0 Å². The third-order valence-corrected chi connectivity index (χ3v) is 6.22. The Bertz CT molecular complexity index is 546. The Morgan fingerprint density at radius 2 is 2.05 bits per heavy atom. The highest BCUT2D eigenvalue weighted by molar-refractivity contribution is 5.89. The molecule has 20 heavy (non-hydrogen) atoms. The SMILES string of the molecule is Cc1cccc(C(=O)OC2CC3CCC2(C)C3(C)C)c1. The average molecular weight is 272 g/mol. The molecule has 108 valence electrons. The maximum atomic E-state index is 12.4. The molecule has 3 unspecified atom stereocenters. The molecular formula is C18H24O2. The molecule has 0 spiro atoms. The second kappa shape index (κ2) is 4.34. The molecule has 1 aromatic carbocycles. The lowest BCUT2D eigenvalue weighted by atomic mass is 9.70. The third-order valence-electron chi connectivity index (χ3n) is 6.22. The van der Waals surface area contributed by atoms with Gasteiger partial charge < -0.3 is 4.74 Å². The lowest BCUT2D eigenvalue weighted by molar-refractivity contribution is -0.0242. The maximum Gasteiger partial charge on any atom is 0.338 e. The Kier molecular flexibility index (Phi) is 2.97. The van der Waals surface area contributed by atoms with E-state index in [-0.39, 0.29) is 22.9 Å². The number of esters is 1. The minimum Gasteiger partial charge on any atom is -0.458 e. The molecule has 2 heteroatoms. The minimum absolute atomic E-state index is 0.0734. The van der Waals surface area contributed by atoms with Crippen molar-refractivity contribution < 1.29 is 9.53 Å². The van der Waals surface area contributed by atoms with Gasteiger partial charge in [-0.2, -0.15) is 0 Å². The topological polar surface area (TPSA) is 26.3 Å². The van der Waals surface area contributed by atoms with Crippen LogP contribution in [0.4, 0.5) is 0 Å². The number of fused-ring (bicyclic) bond motifs is 2. The first-order chi connectivity index (χ1) is 9.34. The smallest absolute Gasteiger partial charge is 0.338 e. The Morgan fingerprint density at radius 3 is 2.60 bits per heavy atom. The van der Waals surface area contributed by atoms with Crippen molar-refractivity contribution in [2.24, 2.45) is 16.7 Å². The van der Waals surface area contributed by atoms with Crippen molar-refractivity contribution in [1.29, 1.82) is 0 Å². The highest BCUT2D eigenvalue weighted by Gasteiger charge is 2.62. The highest BCUT2D eigenvalue weighted by Crippen LogP contribution is 2.66. The number of hydrogen-bond donors (Lipinski definition) is 0. The lowest BCUT2D eigenvalue weighted by Crippen LogP contribution is -2.38. The van der Waals surface area contributed by atoms with Crippen LogP contribution in [0, 0.1) is 23.7 Å². The fraction of sp³-hybridized carbons (Fsp3) is 0.611. The summed E-state index contributed by atoms with van der Waals surface area (Å²) < 4.78 is 5.89. The summed E-state index contributed by atoms with van der Waals surface area (Å²) in [7, 11) is 0. The molecule has 2 fully saturated rings. The van der Waals surface area contributed by atoms with Crippen LogP contribution in [0.15, 0.2) is 24.3 Å². The number of carbonyl (C=O) groups is 1. The number of ether oxygens (including phenoxy) is 1. The second-order valence-electron chi connectivity index (χ2n) is 7.37. The Balaban J connectivity index is 1.78. The van der Waals surface area contributed by atoms with E-state index in [2.05, 4.69) is 20.8 Å². The highest BCUT2D eigenvalue weighted by atomic mass is 16.5. The third kappa shape index (κ3) is 1.81. The van der Waals surface area contributed by atoms with Crippen LogP contribution in [0.5, 0.6) is 0 Å². The Hall–Kier alpha value is -1.31. The van der Waals surface area contributed by atoms with Crippen LogP contribution >= 0.6 is 0 Å². The summed E-state index contributed by atoms with van der Waals surface area (Å²) in [4.78, 5) is 12.4. The van der Waals surface area contributed by atoms with Crippen LogP contribution in [0.2, 0.25) is 0 Å². The van der Waals surface area contributed by atoms with E-state index in [0.29, 0.717) is 11.5 Å².